The number of likely N-dealkylation sites (N-methyl/N-ethyl adjacent to an activating group) is 1. The molecular formula is C26H37BrN6O2. The minimum Gasteiger partial charge on any atom is -0.397 e. The second-order valence-electron chi connectivity index (χ2n) is 9.26. The van der Waals surface area contributed by atoms with Crippen molar-refractivity contribution in [3.8, 4) is 0 Å². The number of hydrogen-bond donors (Lipinski definition) is 4. The Kier molecular flexibility index (Phi) is 9.13. The molecule has 0 amide bonds. The van der Waals surface area contributed by atoms with E-state index in [2.05, 4.69) is 47.6 Å². The van der Waals surface area contributed by atoms with Crippen molar-refractivity contribution in [2.45, 2.75) is 62.8 Å². The number of aromatic nitrogens is 3. The number of hydrogen-bond acceptors (Lipinski definition) is 7. The van der Waals surface area contributed by atoms with E-state index in [1.807, 2.05) is 26.4 Å². The number of ether oxygens (including phenoxy) is 2. The molecule has 1 saturated heterocycles. The third-order valence-electron chi connectivity index (χ3n) is 7.10. The molecule has 1 aliphatic heterocycles. The molecule has 3 aromatic rings. The van der Waals surface area contributed by atoms with E-state index >= 15 is 0 Å². The van der Waals surface area contributed by atoms with Crippen LogP contribution in [0, 0.1) is 0 Å². The first-order chi connectivity index (χ1) is 17.0. The second-order valence-corrected chi connectivity index (χ2v) is 10.0. The van der Waals surface area contributed by atoms with Crippen LogP contribution in [0.1, 0.15) is 43.4 Å². The van der Waals surface area contributed by atoms with Crippen LogP contribution in [0.25, 0.3) is 11.0 Å². The Morgan fingerprint density at radius 2 is 1.69 bits per heavy atom. The molecule has 0 bridgehead atoms. The molecule has 0 radical (unpaired) electrons. The SMILES string of the molecule is CNC1CCC2(CC1)OCCO2.CNC1CCc2[nH]c3cccnc3c2C1.Nc1cccnc1Br. The zero-order chi connectivity index (χ0) is 24.7. The van der Waals surface area contributed by atoms with E-state index in [1.54, 1.807) is 18.3 Å². The first kappa shape index (κ1) is 26.0. The van der Waals surface area contributed by atoms with Gasteiger partial charge in [0.05, 0.1) is 29.9 Å². The van der Waals surface area contributed by atoms with E-state index < -0.39 is 0 Å². The zero-order valence-electron chi connectivity index (χ0n) is 20.6. The van der Waals surface area contributed by atoms with Crippen molar-refractivity contribution in [2.24, 2.45) is 0 Å². The van der Waals surface area contributed by atoms with Crippen molar-refractivity contribution >= 4 is 32.7 Å². The van der Waals surface area contributed by atoms with Gasteiger partial charge in [0, 0.05) is 48.6 Å². The summed E-state index contributed by atoms with van der Waals surface area (Å²) in [4.78, 5) is 11.8. The lowest BCUT2D eigenvalue weighted by molar-refractivity contribution is -0.179. The number of anilines is 1. The minimum atomic E-state index is -0.187. The molecule has 4 heterocycles. The summed E-state index contributed by atoms with van der Waals surface area (Å²) in [5.41, 5.74) is 11.2. The standard InChI is InChI=1S/C12H15N3.C9H17NO2.C5H5BrN2/c1-13-8-4-5-10-9(7-8)12-11(15-10)3-2-6-14-12;1-10-8-2-4-9(5-3-8)11-6-7-12-9;6-5-4(7)2-1-3-8-5/h2-3,6,8,13,15H,4-5,7H2,1H3;8,10H,2-7H2,1H3;1-3H,7H2. The van der Waals surface area contributed by atoms with Crippen LogP contribution in [0.5, 0.6) is 0 Å². The van der Waals surface area contributed by atoms with Crippen LogP contribution in [0.15, 0.2) is 41.3 Å². The first-order valence-corrected chi connectivity index (χ1v) is 13.3. The minimum absolute atomic E-state index is 0.187. The summed E-state index contributed by atoms with van der Waals surface area (Å²) >= 11 is 3.16. The van der Waals surface area contributed by atoms with Crippen LogP contribution in [-0.4, -0.2) is 60.1 Å². The van der Waals surface area contributed by atoms with Gasteiger partial charge in [-0.05, 0) is 86.4 Å². The number of aromatic amines is 1. The molecule has 2 fully saturated rings. The smallest absolute Gasteiger partial charge is 0.168 e. The molecular weight excluding hydrogens is 508 g/mol. The fourth-order valence-electron chi connectivity index (χ4n) is 5.00. The van der Waals surface area contributed by atoms with Crippen molar-refractivity contribution in [1.29, 1.82) is 0 Å². The number of halogens is 1. The zero-order valence-corrected chi connectivity index (χ0v) is 22.2. The average molecular weight is 546 g/mol. The molecule has 1 unspecified atom stereocenters. The lowest BCUT2D eigenvalue weighted by Gasteiger charge is -2.35. The van der Waals surface area contributed by atoms with Gasteiger partial charge in [0.1, 0.15) is 4.60 Å². The summed E-state index contributed by atoms with van der Waals surface area (Å²) in [7, 11) is 4.07. The van der Waals surface area contributed by atoms with Gasteiger partial charge in [-0.15, -0.1) is 0 Å². The number of nitrogens with zero attached hydrogens (tertiary/aromatic N) is 2. The molecule has 5 N–H and O–H groups in total. The van der Waals surface area contributed by atoms with Crippen LogP contribution < -0.4 is 16.4 Å². The predicted octanol–water partition coefficient (Wildman–Crippen LogP) is 3.96. The van der Waals surface area contributed by atoms with E-state index in [4.69, 9.17) is 15.2 Å². The highest BCUT2D eigenvalue weighted by atomic mass is 79.9. The Morgan fingerprint density at radius 1 is 1.00 bits per heavy atom. The van der Waals surface area contributed by atoms with Crippen LogP contribution in [0.4, 0.5) is 5.69 Å². The van der Waals surface area contributed by atoms with Crippen LogP contribution in [0.2, 0.25) is 0 Å². The molecule has 3 aromatic heterocycles. The largest absolute Gasteiger partial charge is 0.397 e. The Labute approximate surface area is 215 Å². The van der Waals surface area contributed by atoms with Gasteiger partial charge < -0.3 is 30.8 Å². The highest BCUT2D eigenvalue weighted by Crippen LogP contribution is 2.35. The third kappa shape index (κ3) is 6.59. The summed E-state index contributed by atoms with van der Waals surface area (Å²) in [5, 5.41) is 6.66. The topological polar surface area (TPSA) is 110 Å². The average Bonchev–Trinajstić information content (AvgIpc) is 3.51. The number of aryl methyl sites for hydroxylation is 1. The van der Waals surface area contributed by atoms with Gasteiger partial charge in [-0.2, -0.15) is 0 Å². The predicted molar refractivity (Wildman–Crippen MR) is 143 cm³/mol. The first-order valence-electron chi connectivity index (χ1n) is 12.5. The van der Waals surface area contributed by atoms with Crippen molar-refractivity contribution in [2.75, 3.05) is 33.0 Å². The van der Waals surface area contributed by atoms with Crippen molar-refractivity contribution < 1.29 is 9.47 Å². The summed E-state index contributed by atoms with van der Waals surface area (Å²) in [6.45, 7) is 1.56. The van der Waals surface area contributed by atoms with Crippen molar-refractivity contribution in [3.63, 3.8) is 0 Å². The van der Waals surface area contributed by atoms with E-state index in [0.717, 1.165) is 44.4 Å². The van der Waals surface area contributed by atoms with Crippen molar-refractivity contribution in [1.82, 2.24) is 25.6 Å². The normalized spacial score (nSPS) is 21.1. The molecule has 190 valence electrons. The summed E-state index contributed by atoms with van der Waals surface area (Å²) < 4.78 is 12.0. The maximum atomic E-state index is 5.62. The van der Waals surface area contributed by atoms with Gasteiger partial charge in [0.15, 0.2) is 5.79 Å². The van der Waals surface area contributed by atoms with Crippen LogP contribution >= 0.6 is 15.9 Å². The van der Waals surface area contributed by atoms with Gasteiger partial charge in [0.25, 0.3) is 0 Å². The third-order valence-corrected chi connectivity index (χ3v) is 7.76. The monoisotopic (exact) mass is 544 g/mol. The Morgan fingerprint density at radius 3 is 2.31 bits per heavy atom. The number of rotatable bonds is 2. The van der Waals surface area contributed by atoms with E-state index in [9.17, 15) is 0 Å². The fraction of sp³-hybridized carbons (Fsp3) is 0.538. The van der Waals surface area contributed by atoms with Crippen LogP contribution in [0.3, 0.4) is 0 Å². The number of nitrogens with one attached hydrogen (secondary N) is 3. The van der Waals surface area contributed by atoms with Gasteiger partial charge in [-0.25, -0.2) is 4.98 Å². The molecule has 2 aliphatic carbocycles. The number of pyridine rings is 2. The molecule has 1 spiro atoms. The quantitative estimate of drug-likeness (QED) is 0.361. The number of fused-ring (bicyclic) bond motifs is 3. The second kappa shape index (κ2) is 12.3. The maximum Gasteiger partial charge on any atom is 0.168 e. The fourth-order valence-corrected chi connectivity index (χ4v) is 5.26. The van der Waals surface area contributed by atoms with Gasteiger partial charge in [-0.3, -0.25) is 4.98 Å². The van der Waals surface area contributed by atoms with E-state index in [0.29, 0.717) is 22.4 Å². The number of H-pyrrole nitrogens is 1. The molecule has 8 nitrogen and oxygen atoms in total. The Balaban J connectivity index is 0.000000130. The van der Waals surface area contributed by atoms with Crippen molar-refractivity contribution in [3.05, 3.63) is 52.5 Å². The lowest BCUT2D eigenvalue weighted by Crippen LogP contribution is -2.40. The summed E-state index contributed by atoms with van der Waals surface area (Å²) in [6.07, 6.45) is 11.5. The summed E-state index contributed by atoms with van der Waals surface area (Å²) in [5.74, 6) is -0.187. The molecule has 1 atom stereocenters. The highest BCUT2D eigenvalue weighted by molar-refractivity contribution is 9.10. The Bertz CT molecular complexity index is 1050. The molecule has 9 heteroatoms. The molecule has 3 aliphatic rings. The lowest BCUT2D eigenvalue weighted by atomic mass is 9.90. The molecule has 1 saturated carbocycles. The van der Waals surface area contributed by atoms with Gasteiger partial charge in [0.2, 0.25) is 0 Å². The Hall–Kier alpha value is -2.04. The molecule has 6 rings (SSSR count). The van der Waals surface area contributed by atoms with Crippen LogP contribution in [-0.2, 0) is 22.3 Å². The van der Waals surface area contributed by atoms with E-state index in [1.165, 1.54) is 36.0 Å². The van der Waals surface area contributed by atoms with Gasteiger partial charge >= 0.3 is 0 Å². The maximum absolute atomic E-state index is 5.62. The number of nitrogen functional groups attached to an aromatic ring is 1. The number of nitrogens with two attached hydrogens (primary N) is 1. The highest BCUT2D eigenvalue weighted by Gasteiger charge is 2.39. The van der Waals surface area contributed by atoms with Gasteiger partial charge in [-0.1, -0.05) is 0 Å². The van der Waals surface area contributed by atoms with E-state index in [-0.39, 0.29) is 5.79 Å². The molecule has 0 aromatic carbocycles. The summed E-state index contributed by atoms with van der Waals surface area (Å²) in [6, 6.07) is 8.95. The molecule has 35 heavy (non-hydrogen) atoms.